The van der Waals surface area contributed by atoms with Crippen LogP contribution in [0.15, 0.2) is 34.4 Å². The van der Waals surface area contributed by atoms with Gasteiger partial charge in [0.1, 0.15) is 5.52 Å². The van der Waals surface area contributed by atoms with Crippen LogP contribution < -0.4 is 0 Å². The second kappa shape index (κ2) is 2.08. The van der Waals surface area contributed by atoms with E-state index in [2.05, 4.69) is 22.5 Å². The van der Waals surface area contributed by atoms with Gasteiger partial charge in [-0.1, -0.05) is 6.07 Å². The first-order chi connectivity index (χ1) is 5.95. The van der Waals surface area contributed by atoms with Crippen LogP contribution in [0.4, 0.5) is 0 Å². The molecule has 3 heteroatoms. The van der Waals surface area contributed by atoms with E-state index in [1.54, 1.807) is 11.3 Å². The van der Waals surface area contributed by atoms with E-state index >= 15 is 0 Å². The highest BCUT2D eigenvalue weighted by molar-refractivity contribution is 7.18. The molecule has 0 atom stereocenters. The lowest BCUT2D eigenvalue weighted by Gasteiger charge is -1.87. The molecule has 0 N–H and O–H groups in total. The van der Waals surface area contributed by atoms with Gasteiger partial charge in [-0.15, -0.1) is 11.3 Å². The summed E-state index contributed by atoms with van der Waals surface area (Å²) in [4.78, 5) is 4.09. The Morgan fingerprint density at radius 1 is 1.25 bits per heavy atom. The van der Waals surface area contributed by atoms with E-state index in [9.17, 15) is 0 Å². The zero-order valence-electron chi connectivity index (χ0n) is 6.15. The fourth-order valence-corrected chi connectivity index (χ4v) is 2.23. The van der Waals surface area contributed by atoms with E-state index < -0.39 is 0 Å². The zero-order valence-corrected chi connectivity index (χ0v) is 6.97. The molecule has 0 aliphatic heterocycles. The lowest BCUT2D eigenvalue weighted by atomic mass is 10.2. The Labute approximate surface area is 72.4 Å². The summed E-state index contributed by atoms with van der Waals surface area (Å²) in [7, 11) is 0. The van der Waals surface area contributed by atoms with Crippen molar-refractivity contribution >= 4 is 32.5 Å². The minimum Gasteiger partial charge on any atom is -0.442 e. The van der Waals surface area contributed by atoms with Crippen LogP contribution in [-0.4, -0.2) is 4.98 Å². The van der Waals surface area contributed by atoms with Gasteiger partial charge < -0.3 is 4.42 Å². The monoisotopic (exact) mass is 175 g/mol. The molecule has 0 unspecified atom stereocenters. The van der Waals surface area contributed by atoms with Crippen LogP contribution in [0.1, 0.15) is 0 Å². The summed E-state index contributed by atoms with van der Waals surface area (Å²) in [5.41, 5.74) is 1.84. The van der Waals surface area contributed by atoms with Gasteiger partial charge in [-0.25, -0.2) is 4.98 Å². The number of hydrogen-bond acceptors (Lipinski definition) is 3. The summed E-state index contributed by atoms with van der Waals surface area (Å²) in [6.45, 7) is 0. The maximum Gasteiger partial charge on any atom is 0.182 e. The molecule has 0 aliphatic rings. The van der Waals surface area contributed by atoms with E-state index in [0.717, 1.165) is 11.1 Å². The smallest absolute Gasteiger partial charge is 0.182 e. The van der Waals surface area contributed by atoms with Gasteiger partial charge in [-0.05, 0) is 22.9 Å². The molecule has 12 heavy (non-hydrogen) atoms. The van der Waals surface area contributed by atoms with Crippen LogP contribution in [-0.2, 0) is 0 Å². The van der Waals surface area contributed by atoms with E-state index in [4.69, 9.17) is 4.42 Å². The summed E-state index contributed by atoms with van der Waals surface area (Å²) < 4.78 is 6.47. The van der Waals surface area contributed by atoms with Gasteiger partial charge in [0, 0.05) is 0 Å². The molecule has 1 aromatic carbocycles. The molecule has 2 nitrogen and oxygen atoms in total. The maximum atomic E-state index is 5.29. The first-order valence-corrected chi connectivity index (χ1v) is 4.52. The topological polar surface area (TPSA) is 26.0 Å². The standard InChI is InChI=1S/C9H5NOS/c1-2-7-8(11-5-10-7)9-6(1)3-4-12-9/h1-5H. The molecule has 2 heterocycles. The molecule has 0 fully saturated rings. The molecular weight excluding hydrogens is 170 g/mol. The SMILES string of the molecule is c1nc2ccc3ccsc3c2o1. The Balaban J connectivity index is 2.71. The first kappa shape index (κ1) is 6.20. The van der Waals surface area contributed by atoms with Gasteiger partial charge in [-0.3, -0.25) is 0 Å². The maximum absolute atomic E-state index is 5.29. The zero-order chi connectivity index (χ0) is 7.97. The van der Waals surface area contributed by atoms with E-state index in [1.807, 2.05) is 6.07 Å². The number of nitrogens with zero attached hydrogens (tertiary/aromatic N) is 1. The van der Waals surface area contributed by atoms with E-state index in [0.29, 0.717) is 0 Å². The van der Waals surface area contributed by atoms with Gasteiger partial charge in [0.15, 0.2) is 12.0 Å². The highest BCUT2D eigenvalue weighted by atomic mass is 32.1. The second-order valence-corrected chi connectivity index (χ2v) is 3.52. The summed E-state index contributed by atoms with van der Waals surface area (Å²) in [6, 6.07) is 6.13. The number of fused-ring (bicyclic) bond motifs is 3. The summed E-state index contributed by atoms with van der Waals surface area (Å²) in [5.74, 6) is 0. The van der Waals surface area contributed by atoms with Gasteiger partial charge in [0.05, 0.1) is 4.70 Å². The summed E-state index contributed by atoms with van der Waals surface area (Å²) >= 11 is 1.69. The van der Waals surface area contributed by atoms with Crippen LogP contribution in [0, 0.1) is 0 Å². The molecule has 3 rings (SSSR count). The van der Waals surface area contributed by atoms with Crippen molar-refractivity contribution < 1.29 is 4.42 Å². The summed E-state index contributed by atoms with van der Waals surface area (Å²) in [5, 5.41) is 3.29. The van der Waals surface area contributed by atoms with Crippen LogP contribution in [0.5, 0.6) is 0 Å². The molecular formula is C9H5NOS. The third-order valence-electron chi connectivity index (χ3n) is 1.92. The fraction of sp³-hybridized carbons (Fsp3) is 0. The first-order valence-electron chi connectivity index (χ1n) is 3.64. The third kappa shape index (κ3) is 0.662. The third-order valence-corrected chi connectivity index (χ3v) is 2.85. The minimum absolute atomic E-state index is 0.905. The predicted octanol–water partition coefficient (Wildman–Crippen LogP) is 3.04. The highest BCUT2D eigenvalue weighted by Crippen LogP contribution is 2.28. The van der Waals surface area contributed by atoms with Crippen molar-refractivity contribution in [3.63, 3.8) is 0 Å². The van der Waals surface area contributed by atoms with Crippen molar-refractivity contribution in [3.05, 3.63) is 30.0 Å². The van der Waals surface area contributed by atoms with Crippen molar-refractivity contribution in [2.75, 3.05) is 0 Å². The van der Waals surface area contributed by atoms with E-state index in [-0.39, 0.29) is 0 Å². The molecule has 0 aliphatic carbocycles. The Kier molecular flexibility index (Phi) is 1.07. The van der Waals surface area contributed by atoms with Crippen molar-refractivity contribution in [2.45, 2.75) is 0 Å². The number of aromatic nitrogens is 1. The Hall–Kier alpha value is -1.35. The highest BCUT2D eigenvalue weighted by Gasteiger charge is 2.04. The van der Waals surface area contributed by atoms with Crippen LogP contribution in [0.25, 0.3) is 21.2 Å². The molecule has 2 aromatic heterocycles. The number of hydrogen-bond donors (Lipinski definition) is 0. The van der Waals surface area contributed by atoms with Crippen molar-refractivity contribution in [1.29, 1.82) is 0 Å². The average Bonchev–Trinajstić information content (AvgIpc) is 2.71. The number of benzene rings is 1. The van der Waals surface area contributed by atoms with Crippen LogP contribution >= 0.6 is 11.3 Å². The number of oxazole rings is 1. The average molecular weight is 175 g/mol. The van der Waals surface area contributed by atoms with Crippen molar-refractivity contribution in [2.24, 2.45) is 0 Å². The fourth-order valence-electron chi connectivity index (χ4n) is 1.35. The molecule has 0 spiro atoms. The lowest BCUT2D eigenvalue weighted by Crippen LogP contribution is -1.66. The largest absolute Gasteiger partial charge is 0.442 e. The Morgan fingerprint density at radius 2 is 2.25 bits per heavy atom. The molecule has 58 valence electrons. The molecule has 0 saturated heterocycles. The van der Waals surface area contributed by atoms with Crippen LogP contribution in [0.3, 0.4) is 0 Å². The van der Waals surface area contributed by atoms with Gasteiger partial charge in [0.2, 0.25) is 0 Å². The van der Waals surface area contributed by atoms with E-state index in [1.165, 1.54) is 16.5 Å². The Bertz CT molecular complexity index is 488. The predicted molar refractivity (Wildman–Crippen MR) is 49.4 cm³/mol. The summed E-state index contributed by atoms with van der Waals surface area (Å²) in [6.07, 6.45) is 1.49. The molecule has 0 bridgehead atoms. The van der Waals surface area contributed by atoms with Crippen LogP contribution in [0.2, 0.25) is 0 Å². The quantitative estimate of drug-likeness (QED) is 0.525. The van der Waals surface area contributed by atoms with Gasteiger partial charge >= 0.3 is 0 Å². The number of thiophene rings is 1. The number of rotatable bonds is 0. The molecule has 3 aromatic rings. The van der Waals surface area contributed by atoms with Crippen molar-refractivity contribution in [1.82, 2.24) is 4.98 Å². The molecule has 0 saturated carbocycles. The lowest BCUT2D eigenvalue weighted by molar-refractivity contribution is 0.605. The Morgan fingerprint density at radius 3 is 3.25 bits per heavy atom. The normalized spacial score (nSPS) is 11.3. The van der Waals surface area contributed by atoms with Crippen molar-refractivity contribution in [3.8, 4) is 0 Å². The molecule has 0 amide bonds. The second-order valence-electron chi connectivity index (χ2n) is 2.61. The van der Waals surface area contributed by atoms with Gasteiger partial charge in [0.25, 0.3) is 0 Å². The molecule has 0 radical (unpaired) electrons. The minimum atomic E-state index is 0.905. The van der Waals surface area contributed by atoms with Gasteiger partial charge in [-0.2, -0.15) is 0 Å².